The predicted molar refractivity (Wildman–Crippen MR) is 121 cm³/mol. The maximum atomic E-state index is 12.5. The molecular weight excluding hydrogens is 416 g/mol. The molecule has 1 amide bonds. The molecule has 8 heteroatoms. The second kappa shape index (κ2) is 9.18. The number of rotatable bonds is 7. The van der Waals surface area contributed by atoms with E-state index in [1.54, 1.807) is 26.4 Å². The van der Waals surface area contributed by atoms with Crippen molar-refractivity contribution in [2.75, 3.05) is 14.2 Å². The predicted octanol–water partition coefficient (Wildman–Crippen LogP) is 3.56. The number of hydrazine groups is 1. The summed E-state index contributed by atoms with van der Waals surface area (Å²) in [5, 5.41) is 4.69. The fourth-order valence-corrected chi connectivity index (χ4v) is 4.41. The summed E-state index contributed by atoms with van der Waals surface area (Å²) in [6, 6.07) is 13.8. The quantitative estimate of drug-likeness (QED) is 0.521. The molecule has 0 spiro atoms. The van der Waals surface area contributed by atoms with E-state index in [2.05, 4.69) is 39.8 Å². The Morgan fingerprint density at radius 1 is 1.16 bits per heavy atom. The number of carbonyl (C=O) groups excluding carboxylic acids is 1. The number of halogens is 1. The first-order valence-electron chi connectivity index (χ1n) is 10.3. The van der Waals surface area contributed by atoms with E-state index in [1.165, 1.54) is 11.2 Å². The van der Waals surface area contributed by atoms with Crippen molar-refractivity contribution in [3.8, 4) is 11.5 Å². The van der Waals surface area contributed by atoms with Crippen LogP contribution in [0.5, 0.6) is 11.5 Å². The van der Waals surface area contributed by atoms with Crippen molar-refractivity contribution in [3.63, 3.8) is 0 Å². The average Bonchev–Trinajstić information content (AvgIpc) is 3.37. The van der Waals surface area contributed by atoms with Gasteiger partial charge in [-0.15, -0.1) is 0 Å². The lowest BCUT2D eigenvalue weighted by molar-refractivity contribution is -0.121. The van der Waals surface area contributed by atoms with Gasteiger partial charge in [-0.2, -0.15) is 0 Å². The highest BCUT2D eigenvalue weighted by Gasteiger charge is 2.28. The van der Waals surface area contributed by atoms with Gasteiger partial charge >= 0.3 is 0 Å². The molecule has 4 rings (SSSR count). The van der Waals surface area contributed by atoms with Crippen LogP contribution in [-0.4, -0.2) is 30.9 Å². The number of ether oxygens (including phenoxy) is 2. The minimum atomic E-state index is -0.163. The number of aryl methyl sites for hydroxylation is 1. The maximum absolute atomic E-state index is 12.5. The summed E-state index contributed by atoms with van der Waals surface area (Å²) in [5.41, 5.74) is 9.72. The Labute approximate surface area is 186 Å². The zero-order chi connectivity index (χ0) is 22.0. The van der Waals surface area contributed by atoms with Crippen LogP contribution in [0.2, 0.25) is 5.02 Å². The van der Waals surface area contributed by atoms with E-state index in [9.17, 15) is 4.79 Å². The standard InChI is InChI=1S/C23H27ClN4O3/c1-4-28-19-7-6-16(30-2)11-15(19)12-20(28)18-13-22(27-26-18)25-23(29)10-14-5-8-21(31-3)17(24)9-14/h5-9,11-12,18,22,26-27H,4,10,13H2,1-3H3,(H,25,29). The van der Waals surface area contributed by atoms with Gasteiger partial charge in [0.05, 0.1) is 37.9 Å². The van der Waals surface area contributed by atoms with Gasteiger partial charge in [0, 0.05) is 29.6 Å². The number of hydrogen-bond acceptors (Lipinski definition) is 5. The first kappa shape index (κ1) is 21.5. The van der Waals surface area contributed by atoms with Crippen LogP contribution in [0.4, 0.5) is 0 Å². The van der Waals surface area contributed by atoms with Crippen molar-refractivity contribution in [3.05, 3.63) is 58.7 Å². The fourth-order valence-electron chi connectivity index (χ4n) is 4.13. The smallest absolute Gasteiger partial charge is 0.225 e. The Morgan fingerprint density at radius 3 is 2.71 bits per heavy atom. The topological polar surface area (TPSA) is 76.6 Å². The number of amides is 1. The number of benzene rings is 2. The molecule has 2 unspecified atom stereocenters. The van der Waals surface area contributed by atoms with E-state index >= 15 is 0 Å². The lowest BCUT2D eigenvalue weighted by Crippen LogP contribution is -2.44. The summed E-state index contributed by atoms with van der Waals surface area (Å²) in [4.78, 5) is 12.5. The summed E-state index contributed by atoms with van der Waals surface area (Å²) in [6.07, 6.45) is 0.827. The highest BCUT2D eigenvalue weighted by Crippen LogP contribution is 2.31. The van der Waals surface area contributed by atoms with Crippen molar-refractivity contribution >= 4 is 28.4 Å². The molecule has 0 radical (unpaired) electrons. The molecule has 2 heterocycles. The molecule has 1 aliphatic heterocycles. The van der Waals surface area contributed by atoms with Gasteiger partial charge in [-0.3, -0.25) is 4.79 Å². The van der Waals surface area contributed by atoms with Crippen LogP contribution in [0.1, 0.15) is 30.6 Å². The van der Waals surface area contributed by atoms with E-state index in [1.807, 2.05) is 18.2 Å². The van der Waals surface area contributed by atoms with Crippen LogP contribution >= 0.6 is 11.6 Å². The van der Waals surface area contributed by atoms with E-state index in [0.717, 1.165) is 29.7 Å². The third-order valence-electron chi connectivity index (χ3n) is 5.63. The molecule has 31 heavy (non-hydrogen) atoms. The molecule has 0 saturated carbocycles. The van der Waals surface area contributed by atoms with Crippen molar-refractivity contribution in [1.82, 2.24) is 20.7 Å². The first-order chi connectivity index (χ1) is 15.0. The summed E-state index contributed by atoms with van der Waals surface area (Å²) < 4.78 is 12.8. The van der Waals surface area contributed by atoms with Crippen LogP contribution in [0.25, 0.3) is 10.9 Å². The Kier molecular flexibility index (Phi) is 6.36. The van der Waals surface area contributed by atoms with Crippen LogP contribution in [0, 0.1) is 0 Å². The fraction of sp³-hybridized carbons (Fsp3) is 0.348. The van der Waals surface area contributed by atoms with Gasteiger partial charge in [0.15, 0.2) is 0 Å². The van der Waals surface area contributed by atoms with Crippen LogP contribution in [0.15, 0.2) is 42.5 Å². The third-order valence-corrected chi connectivity index (χ3v) is 5.93. The second-order valence-electron chi connectivity index (χ2n) is 7.58. The molecule has 3 N–H and O–H groups in total. The number of nitrogens with zero attached hydrogens (tertiary/aromatic N) is 1. The number of fused-ring (bicyclic) bond motifs is 1. The van der Waals surface area contributed by atoms with Crippen molar-refractivity contribution in [2.24, 2.45) is 0 Å². The number of carbonyl (C=O) groups is 1. The third kappa shape index (κ3) is 4.49. The summed E-state index contributed by atoms with van der Waals surface area (Å²) in [6.45, 7) is 2.99. The van der Waals surface area contributed by atoms with Crippen molar-refractivity contribution in [2.45, 2.75) is 38.5 Å². The molecule has 1 fully saturated rings. The molecule has 7 nitrogen and oxygen atoms in total. The van der Waals surface area contributed by atoms with Crippen molar-refractivity contribution in [1.29, 1.82) is 0 Å². The Balaban J connectivity index is 1.42. The van der Waals surface area contributed by atoms with Gasteiger partial charge in [0.2, 0.25) is 5.91 Å². The summed E-state index contributed by atoms with van der Waals surface area (Å²) in [7, 11) is 3.24. The molecule has 2 atom stereocenters. The highest BCUT2D eigenvalue weighted by molar-refractivity contribution is 6.32. The molecule has 0 aliphatic carbocycles. The first-order valence-corrected chi connectivity index (χ1v) is 10.7. The van der Waals surface area contributed by atoms with Crippen LogP contribution in [-0.2, 0) is 17.8 Å². The minimum absolute atomic E-state index is 0.0676. The minimum Gasteiger partial charge on any atom is -0.497 e. The zero-order valence-electron chi connectivity index (χ0n) is 17.9. The van der Waals surface area contributed by atoms with E-state index < -0.39 is 0 Å². The number of aromatic nitrogens is 1. The molecule has 3 aromatic rings. The van der Waals surface area contributed by atoms with Crippen molar-refractivity contribution < 1.29 is 14.3 Å². The summed E-state index contributed by atoms with van der Waals surface area (Å²) in [5.74, 6) is 1.37. The molecule has 164 valence electrons. The maximum Gasteiger partial charge on any atom is 0.225 e. The molecule has 1 saturated heterocycles. The largest absolute Gasteiger partial charge is 0.497 e. The Bertz CT molecular complexity index is 1100. The van der Waals surface area contributed by atoms with Gasteiger partial charge in [0.25, 0.3) is 0 Å². The van der Waals surface area contributed by atoms with E-state index in [4.69, 9.17) is 21.1 Å². The Hall–Kier alpha value is -2.74. The monoisotopic (exact) mass is 442 g/mol. The molecule has 1 aromatic heterocycles. The van der Waals surface area contributed by atoms with Gasteiger partial charge in [-0.1, -0.05) is 17.7 Å². The SMILES string of the molecule is CCn1c(C2CC(NC(=O)Cc3ccc(OC)c(Cl)c3)NN2)cc2cc(OC)ccc21. The Morgan fingerprint density at radius 2 is 2.00 bits per heavy atom. The molecular formula is C23H27ClN4O3. The van der Waals surface area contributed by atoms with E-state index in [0.29, 0.717) is 10.8 Å². The summed E-state index contributed by atoms with van der Waals surface area (Å²) >= 11 is 6.16. The zero-order valence-corrected chi connectivity index (χ0v) is 18.6. The van der Waals surface area contributed by atoms with E-state index in [-0.39, 0.29) is 24.5 Å². The molecule has 2 aromatic carbocycles. The van der Waals surface area contributed by atoms with Gasteiger partial charge in [-0.25, -0.2) is 10.9 Å². The lowest BCUT2D eigenvalue weighted by atomic mass is 10.1. The van der Waals surface area contributed by atoms with Crippen LogP contribution < -0.4 is 25.6 Å². The van der Waals surface area contributed by atoms with Gasteiger partial charge in [0.1, 0.15) is 11.5 Å². The number of methoxy groups -OCH3 is 2. The van der Waals surface area contributed by atoms with Crippen LogP contribution in [0.3, 0.4) is 0 Å². The number of nitrogens with one attached hydrogen (secondary N) is 3. The lowest BCUT2D eigenvalue weighted by Gasteiger charge is -2.14. The van der Waals surface area contributed by atoms with Gasteiger partial charge in [-0.05, 0) is 48.9 Å². The molecule has 1 aliphatic rings. The highest BCUT2D eigenvalue weighted by atomic mass is 35.5. The second-order valence-corrected chi connectivity index (χ2v) is 7.99. The average molecular weight is 443 g/mol. The molecule has 0 bridgehead atoms. The number of hydrogen-bond donors (Lipinski definition) is 3. The van der Waals surface area contributed by atoms with Gasteiger partial charge < -0.3 is 19.4 Å². The normalized spacial score (nSPS) is 18.3.